The summed E-state index contributed by atoms with van der Waals surface area (Å²) in [7, 11) is 1.85. The van der Waals surface area contributed by atoms with Gasteiger partial charge in [-0.1, -0.05) is 18.5 Å². The number of halogens is 1. The minimum Gasteiger partial charge on any atom is -0.331 e. The lowest BCUT2D eigenvalue weighted by Crippen LogP contribution is -2.40. The first-order valence-corrected chi connectivity index (χ1v) is 10.6. The Kier molecular flexibility index (Phi) is 6.03. The van der Waals surface area contributed by atoms with Crippen molar-refractivity contribution < 1.29 is 4.52 Å². The van der Waals surface area contributed by atoms with E-state index in [0.29, 0.717) is 49.0 Å². The van der Waals surface area contributed by atoms with Crippen LogP contribution in [-0.2, 0) is 26.6 Å². The zero-order chi connectivity index (χ0) is 22.0. The second-order valence-corrected chi connectivity index (χ2v) is 7.66. The number of aryl methyl sites for hydroxylation is 3. The van der Waals surface area contributed by atoms with Crippen LogP contribution in [0.4, 0.5) is 0 Å². The van der Waals surface area contributed by atoms with Crippen molar-refractivity contribution in [3.8, 4) is 11.7 Å². The molecular formula is C19H23ClN8O3. The summed E-state index contributed by atoms with van der Waals surface area (Å²) in [5.41, 5.74) is -0.230. The van der Waals surface area contributed by atoms with Gasteiger partial charge >= 0.3 is 5.69 Å². The SMILES string of the molecule is CCCCn1c(=O)n(CCCCc2noc(-c3nccn3C)n2)c(=O)c2[nH]c(Cl)nc21. The maximum atomic E-state index is 12.9. The molecule has 0 aliphatic rings. The van der Waals surface area contributed by atoms with Gasteiger partial charge in [-0.15, -0.1) is 0 Å². The number of fused-ring (bicyclic) bond motifs is 1. The van der Waals surface area contributed by atoms with Crippen molar-refractivity contribution in [3.05, 3.63) is 44.3 Å². The summed E-state index contributed by atoms with van der Waals surface area (Å²) in [4.78, 5) is 41.2. The molecule has 0 aromatic carbocycles. The third kappa shape index (κ3) is 4.18. The highest BCUT2D eigenvalue weighted by molar-refractivity contribution is 6.28. The van der Waals surface area contributed by atoms with Crippen LogP contribution in [0.3, 0.4) is 0 Å². The minimum atomic E-state index is -0.413. The van der Waals surface area contributed by atoms with Crippen molar-refractivity contribution >= 4 is 22.8 Å². The van der Waals surface area contributed by atoms with Crippen molar-refractivity contribution in [1.82, 2.24) is 38.8 Å². The quantitative estimate of drug-likeness (QED) is 0.308. The third-order valence-corrected chi connectivity index (χ3v) is 5.26. The molecule has 0 saturated carbocycles. The fourth-order valence-electron chi connectivity index (χ4n) is 3.42. The van der Waals surface area contributed by atoms with Crippen LogP contribution < -0.4 is 11.2 Å². The van der Waals surface area contributed by atoms with Gasteiger partial charge in [0, 0.05) is 39.0 Å². The van der Waals surface area contributed by atoms with Gasteiger partial charge in [0.2, 0.25) is 5.28 Å². The first-order chi connectivity index (χ1) is 15.0. The topological polar surface area (TPSA) is 129 Å². The maximum absolute atomic E-state index is 12.9. The van der Waals surface area contributed by atoms with Gasteiger partial charge in [-0.2, -0.15) is 9.97 Å². The Labute approximate surface area is 181 Å². The lowest BCUT2D eigenvalue weighted by atomic mass is 10.2. The predicted octanol–water partition coefficient (Wildman–Crippen LogP) is 2.15. The molecule has 31 heavy (non-hydrogen) atoms. The molecule has 0 fully saturated rings. The Morgan fingerprint density at radius 3 is 2.68 bits per heavy atom. The summed E-state index contributed by atoms with van der Waals surface area (Å²) in [6.45, 7) is 2.79. The van der Waals surface area contributed by atoms with Crippen LogP contribution >= 0.6 is 11.6 Å². The molecule has 4 rings (SSSR count). The highest BCUT2D eigenvalue weighted by Crippen LogP contribution is 2.15. The molecule has 11 nitrogen and oxygen atoms in total. The minimum absolute atomic E-state index is 0.0927. The number of unbranched alkanes of at least 4 members (excludes halogenated alkanes) is 2. The predicted molar refractivity (Wildman–Crippen MR) is 114 cm³/mol. The zero-order valence-electron chi connectivity index (χ0n) is 17.3. The Bertz CT molecular complexity index is 1310. The van der Waals surface area contributed by atoms with Gasteiger partial charge in [0.1, 0.15) is 0 Å². The normalized spacial score (nSPS) is 11.6. The van der Waals surface area contributed by atoms with E-state index >= 15 is 0 Å². The van der Waals surface area contributed by atoms with Gasteiger partial charge in [-0.25, -0.2) is 9.78 Å². The molecule has 4 heterocycles. The lowest BCUT2D eigenvalue weighted by molar-refractivity contribution is 0.416. The molecule has 0 unspecified atom stereocenters. The van der Waals surface area contributed by atoms with Crippen molar-refractivity contribution in [2.45, 2.75) is 52.1 Å². The first-order valence-electron chi connectivity index (χ1n) is 10.2. The average molecular weight is 447 g/mol. The molecular weight excluding hydrogens is 424 g/mol. The fraction of sp³-hybridized carbons (Fsp3) is 0.474. The number of aromatic amines is 1. The molecule has 0 spiro atoms. The molecule has 4 aromatic rings. The van der Waals surface area contributed by atoms with E-state index in [1.54, 1.807) is 17.0 Å². The van der Waals surface area contributed by atoms with Crippen LogP contribution in [0.15, 0.2) is 26.5 Å². The molecule has 0 radical (unpaired) electrons. The molecule has 0 saturated heterocycles. The lowest BCUT2D eigenvalue weighted by Gasteiger charge is -2.10. The Morgan fingerprint density at radius 2 is 1.94 bits per heavy atom. The van der Waals surface area contributed by atoms with E-state index in [0.717, 1.165) is 12.8 Å². The molecule has 4 aromatic heterocycles. The highest BCUT2D eigenvalue weighted by Gasteiger charge is 2.17. The third-order valence-electron chi connectivity index (χ3n) is 5.08. The van der Waals surface area contributed by atoms with Gasteiger partial charge in [-0.3, -0.25) is 13.9 Å². The van der Waals surface area contributed by atoms with E-state index in [1.807, 2.05) is 14.0 Å². The molecule has 164 valence electrons. The Hall–Kier alpha value is -3.21. The summed E-state index contributed by atoms with van der Waals surface area (Å²) < 4.78 is 9.82. The number of nitrogens with zero attached hydrogens (tertiary/aromatic N) is 7. The van der Waals surface area contributed by atoms with Crippen LogP contribution in [0.5, 0.6) is 0 Å². The number of hydrogen-bond donors (Lipinski definition) is 1. The molecule has 0 amide bonds. The van der Waals surface area contributed by atoms with E-state index in [2.05, 4.69) is 25.1 Å². The smallest absolute Gasteiger partial charge is 0.331 e. The molecule has 12 heteroatoms. The van der Waals surface area contributed by atoms with E-state index in [9.17, 15) is 9.59 Å². The number of imidazole rings is 2. The first kappa shape index (κ1) is 21.0. The van der Waals surface area contributed by atoms with Gasteiger partial charge in [0.25, 0.3) is 11.4 Å². The molecule has 1 N–H and O–H groups in total. The van der Waals surface area contributed by atoms with Gasteiger partial charge in [0.15, 0.2) is 22.8 Å². The summed E-state index contributed by atoms with van der Waals surface area (Å²) in [5, 5.41) is 4.08. The van der Waals surface area contributed by atoms with Crippen LogP contribution in [-0.4, -0.2) is 38.8 Å². The van der Waals surface area contributed by atoms with Crippen molar-refractivity contribution in [1.29, 1.82) is 0 Å². The summed E-state index contributed by atoms with van der Waals surface area (Å²) in [6.07, 6.45) is 7.02. The fourth-order valence-corrected chi connectivity index (χ4v) is 3.60. The second-order valence-electron chi connectivity index (χ2n) is 7.31. The molecule has 0 aliphatic carbocycles. The van der Waals surface area contributed by atoms with Crippen LogP contribution in [0, 0.1) is 0 Å². The molecule has 0 bridgehead atoms. The van der Waals surface area contributed by atoms with Crippen molar-refractivity contribution in [2.75, 3.05) is 0 Å². The number of aromatic nitrogens is 8. The molecule has 0 atom stereocenters. The second kappa shape index (κ2) is 8.88. The van der Waals surface area contributed by atoms with Crippen molar-refractivity contribution in [3.63, 3.8) is 0 Å². The van der Waals surface area contributed by atoms with E-state index in [-0.39, 0.29) is 23.0 Å². The maximum Gasteiger partial charge on any atom is 0.332 e. The average Bonchev–Trinajstić information content (AvgIpc) is 3.47. The van der Waals surface area contributed by atoms with E-state index in [4.69, 9.17) is 16.1 Å². The summed E-state index contributed by atoms with van der Waals surface area (Å²) >= 11 is 5.95. The number of H-pyrrole nitrogens is 1. The van der Waals surface area contributed by atoms with Gasteiger partial charge in [-0.05, 0) is 30.9 Å². The number of hydrogen-bond acceptors (Lipinski definition) is 7. The van der Waals surface area contributed by atoms with Gasteiger partial charge < -0.3 is 14.1 Å². The molecule has 0 aliphatic heterocycles. The summed E-state index contributed by atoms with van der Waals surface area (Å²) in [6, 6.07) is 0. The number of rotatable bonds is 9. The number of nitrogens with one attached hydrogen (secondary N) is 1. The van der Waals surface area contributed by atoms with Gasteiger partial charge in [0.05, 0.1) is 0 Å². The van der Waals surface area contributed by atoms with Crippen LogP contribution in [0.2, 0.25) is 5.28 Å². The monoisotopic (exact) mass is 446 g/mol. The zero-order valence-corrected chi connectivity index (χ0v) is 18.1. The Balaban J connectivity index is 1.47. The van der Waals surface area contributed by atoms with Crippen LogP contribution in [0.1, 0.15) is 38.4 Å². The van der Waals surface area contributed by atoms with E-state index in [1.165, 1.54) is 9.13 Å². The summed E-state index contributed by atoms with van der Waals surface area (Å²) in [5.74, 6) is 1.52. The standard InChI is InChI=1S/C19H23ClN8O3/c1-3-4-9-27-14-13(23-18(20)24-14)17(29)28(19(27)30)10-6-5-7-12-22-16(31-25-12)15-21-8-11-26(15)2/h8,11H,3-7,9-10H2,1-2H3,(H,23,24). The largest absolute Gasteiger partial charge is 0.332 e. The van der Waals surface area contributed by atoms with E-state index < -0.39 is 5.56 Å². The highest BCUT2D eigenvalue weighted by atomic mass is 35.5. The Morgan fingerprint density at radius 1 is 1.13 bits per heavy atom. The van der Waals surface area contributed by atoms with Crippen molar-refractivity contribution in [2.24, 2.45) is 7.05 Å². The van der Waals surface area contributed by atoms with Crippen LogP contribution in [0.25, 0.3) is 22.9 Å².